The van der Waals surface area contributed by atoms with E-state index in [0.29, 0.717) is 12.6 Å². The van der Waals surface area contributed by atoms with Crippen molar-refractivity contribution in [3.63, 3.8) is 0 Å². The molecular formula is C7H11NO2. The first kappa shape index (κ1) is 7.12. The highest BCUT2D eigenvalue weighted by Gasteiger charge is 2.01. The molecule has 0 bridgehead atoms. The molecule has 3 heteroatoms. The molecule has 0 atom stereocenters. The highest BCUT2D eigenvalue weighted by molar-refractivity contribution is 5.10. The average molecular weight is 141 g/mol. The molecule has 0 radical (unpaired) electrons. The monoisotopic (exact) mass is 141 g/mol. The van der Waals surface area contributed by atoms with Gasteiger partial charge < -0.3 is 9.15 Å². The number of rotatable bonds is 3. The van der Waals surface area contributed by atoms with Gasteiger partial charge in [-0.3, -0.25) is 0 Å². The third kappa shape index (κ3) is 1.50. The van der Waals surface area contributed by atoms with Gasteiger partial charge in [-0.1, -0.05) is 6.92 Å². The van der Waals surface area contributed by atoms with Crippen LogP contribution in [0.5, 0.6) is 5.95 Å². The Morgan fingerprint density at radius 2 is 2.50 bits per heavy atom. The third-order valence-electron chi connectivity index (χ3n) is 1.14. The van der Waals surface area contributed by atoms with E-state index >= 15 is 0 Å². The Bertz CT molecular complexity index is 195. The first-order valence-corrected chi connectivity index (χ1v) is 3.37. The lowest BCUT2D eigenvalue weighted by Gasteiger charge is -1.97. The number of hydrogen-bond donors (Lipinski definition) is 0. The third-order valence-corrected chi connectivity index (χ3v) is 1.14. The van der Waals surface area contributed by atoms with Crippen molar-refractivity contribution in [3.8, 4) is 5.95 Å². The fraction of sp³-hybridized carbons (Fsp3) is 0.571. The largest absolute Gasteiger partial charge is 0.464 e. The number of oxazole rings is 1. The summed E-state index contributed by atoms with van der Waals surface area (Å²) in [7, 11) is 0. The van der Waals surface area contributed by atoms with Crippen LogP contribution < -0.4 is 4.74 Å². The predicted octanol–water partition coefficient (Wildman–Crippen LogP) is 1.77. The molecule has 3 nitrogen and oxygen atoms in total. The lowest BCUT2D eigenvalue weighted by atomic mass is 10.5. The number of aryl methyl sites for hydroxylation is 1. The topological polar surface area (TPSA) is 35.3 Å². The van der Waals surface area contributed by atoms with Crippen LogP contribution in [-0.2, 0) is 0 Å². The summed E-state index contributed by atoms with van der Waals surface area (Å²) in [6.07, 6.45) is 2.38. The van der Waals surface area contributed by atoms with E-state index in [0.717, 1.165) is 12.1 Å². The van der Waals surface area contributed by atoms with Crippen LogP contribution in [-0.4, -0.2) is 11.6 Å². The van der Waals surface area contributed by atoms with Gasteiger partial charge in [0.15, 0.2) is 6.39 Å². The number of ether oxygens (including phenoxy) is 1. The van der Waals surface area contributed by atoms with Crippen LogP contribution in [0.1, 0.15) is 19.0 Å². The van der Waals surface area contributed by atoms with Crippen LogP contribution in [0.25, 0.3) is 0 Å². The van der Waals surface area contributed by atoms with E-state index in [4.69, 9.17) is 9.15 Å². The van der Waals surface area contributed by atoms with Crippen molar-refractivity contribution in [3.05, 3.63) is 12.1 Å². The Morgan fingerprint density at radius 1 is 1.70 bits per heavy atom. The summed E-state index contributed by atoms with van der Waals surface area (Å²) in [6.45, 7) is 4.59. The van der Waals surface area contributed by atoms with Crippen molar-refractivity contribution in [2.24, 2.45) is 0 Å². The van der Waals surface area contributed by atoms with Gasteiger partial charge in [0.05, 0.1) is 6.61 Å². The molecule has 0 unspecified atom stereocenters. The Balaban J connectivity index is 2.49. The molecule has 0 fully saturated rings. The minimum Gasteiger partial charge on any atom is -0.464 e. The van der Waals surface area contributed by atoms with Crippen molar-refractivity contribution in [1.82, 2.24) is 4.98 Å². The normalized spacial score (nSPS) is 9.80. The first-order chi connectivity index (χ1) is 4.84. The van der Waals surface area contributed by atoms with Crippen LogP contribution in [0.3, 0.4) is 0 Å². The van der Waals surface area contributed by atoms with Gasteiger partial charge in [0.1, 0.15) is 5.69 Å². The van der Waals surface area contributed by atoms with Crippen LogP contribution in [0.15, 0.2) is 10.8 Å². The maximum absolute atomic E-state index is 5.20. The maximum atomic E-state index is 5.20. The summed E-state index contributed by atoms with van der Waals surface area (Å²) in [5.74, 6) is 0.543. The van der Waals surface area contributed by atoms with E-state index in [-0.39, 0.29) is 0 Å². The van der Waals surface area contributed by atoms with Gasteiger partial charge in [0, 0.05) is 0 Å². The number of aromatic nitrogens is 1. The first-order valence-electron chi connectivity index (χ1n) is 3.37. The van der Waals surface area contributed by atoms with E-state index in [1.807, 2.05) is 13.8 Å². The lowest BCUT2D eigenvalue weighted by Crippen LogP contribution is -1.94. The molecule has 0 aliphatic heterocycles. The van der Waals surface area contributed by atoms with Gasteiger partial charge in [0.25, 0.3) is 0 Å². The van der Waals surface area contributed by atoms with Crippen LogP contribution in [0.4, 0.5) is 0 Å². The van der Waals surface area contributed by atoms with Gasteiger partial charge >= 0.3 is 5.95 Å². The number of nitrogens with zero attached hydrogens (tertiary/aromatic N) is 1. The molecule has 0 saturated heterocycles. The molecule has 10 heavy (non-hydrogen) atoms. The molecule has 0 N–H and O–H groups in total. The minimum absolute atomic E-state index is 0.543. The summed E-state index contributed by atoms with van der Waals surface area (Å²) < 4.78 is 10.1. The molecule has 0 spiro atoms. The Kier molecular flexibility index (Phi) is 2.31. The average Bonchev–Trinajstić information content (AvgIpc) is 2.31. The van der Waals surface area contributed by atoms with E-state index in [1.165, 1.54) is 6.39 Å². The van der Waals surface area contributed by atoms with Crippen molar-refractivity contribution in [1.29, 1.82) is 0 Å². The molecule has 56 valence electrons. The van der Waals surface area contributed by atoms with Crippen molar-refractivity contribution in [2.45, 2.75) is 20.3 Å². The smallest absolute Gasteiger partial charge is 0.308 e. The van der Waals surface area contributed by atoms with Gasteiger partial charge in [-0.25, -0.2) is 4.98 Å². The molecule has 0 aliphatic rings. The van der Waals surface area contributed by atoms with Crippen LogP contribution in [0.2, 0.25) is 0 Å². The molecule has 0 aliphatic carbocycles. The summed E-state index contributed by atoms with van der Waals surface area (Å²) in [5, 5.41) is 0. The highest BCUT2D eigenvalue weighted by atomic mass is 16.6. The van der Waals surface area contributed by atoms with Gasteiger partial charge in [0.2, 0.25) is 0 Å². The zero-order chi connectivity index (χ0) is 7.40. The summed E-state index contributed by atoms with van der Waals surface area (Å²) in [4.78, 5) is 3.88. The minimum atomic E-state index is 0.543. The molecule has 0 amide bonds. The van der Waals surface area contributed by atoms with Crippen molar-refractivity contribution < 1.29 is 9.15 Å². The lowest BCUT2D eigenvalue weighted by molar-refractivity contribution is 0.241. The second-order valence-electron chi connectivity index (χ2n) is 2.07. The standard InChI is InChI=1S/C7H11NO2/c1-3-4-9-7-6(2)8-5-10-7/h5H,3-4H2,1-2H3. The predicted molar refractivity (Wildman–Crippen MR) is 37.0 cm³/mol. The molecular weight excluding hydrogens is 130 g/mol. The van der Waals surface area contributed by atoms with Gasteiger partial charge in [-0.2, -0.15) is 0 Å². The maximum Gasteiger partial charge on any atom is 0.308 e. The molecule has 1 rings (SSSR count). The van der Waals surface area contributed by atoms with E-state index < -0.39 is 0 Å². The Morgan fingerprint density at radius 3 is 3.00 bits per heavy atom. The fourth-order valence-corrected chi connectivity index (χ4v) is 0.624. The van der Waals surface area contributed by atoms with Gasteiger partial charge in [-0.05, 0) is 13.3 Å². The second kappa shape index (κ2) is 3.25. The zero-order valence-electron chi connectivity index (χ0n) is 6.26. The molecule has 1 heterocycles. The molecule has 0 aromatic carbocycles. The number of hydrogen-bond acceptors (Lipinski definition) is 3. The summed E-state index contributed by atoms with van der Waals surface area (Å²) in [5.41, 5.74) is 0.813. The molecule has 1 aromatic heterocycles. The molecule has 0 saturated carbocycles. The summed E-state index contributed by atoms with van der Waals surface area (Å²) >= 11 is 0. The highest BCUT2D eigenvalue weighted by Crippen LogP contribution is 2.14. The zero-order valence-corrected chi connectivity index (χ0v) is 6.26. The quantitative estimate of drug-likeness (QED) is 0.643. The Hall–Kier alpha value is -0.990. The SMILES string of the molecule is CCCOc1ocnc1C. The van der Waals surface area contributed by atoms with Crippen molar-refractivity contribution >= 4 is 0 Å². The van der Waals surface area contributed by atoms with Crippen molar-refractivity contribution in [2.75, 3.05) is 6.61 Å². The summed E-state index contributed by atoms with van der Waals surface area (Å²) in [6, 6.07) is 0. The second-order valence-corrected chi connectivity index (χ2v) is 2.07. The molecule has 1 aromatic rings. The fourth-order valence-electron chi connectivity index (χ4n) is 0.624. The van der Waals surface area contributed by atoms with Crippen LogP contribution >= 0.6 is 0 Å². The Labute approximate surface area is 60.0 Å². The van der Waals surface area contributed by atoms with Gasteiger partial charge in [-0.15, -0.1) is 0 Å². The van der Waals surface area contributed by atoms with E-state index in [9.17, 15) is 0 Å². The van der Waals surface area contributed by atoms with E-state index in [1.54, 1.807) is 0 Å². The van der Waals surface area contributed by atoms with E-state index in [2.05, 4.69) is 4.98 Å². The van der Waals surface area contributed by atoms with Crippen LogP contribution in [0, 0.1) is 6.92 Å².